The van der Waals surface area contributed by atoms with Crippen LogP contribution in [0.25, 0.3) is 0 Å². The third-order valence-electron chi connectivity index (χ3n) is 4.32. The van der Waals surface area contributed by atoms with Crippen LogP contribution < -0.4 is 15.0 Å². The smallest absolute Gasteiger partial charge is 0.257 e. The van der Waals surface area contributed by atoms with Gasteiger partial charge in [0.1, 0.15) is 11.6 Å². The van der Waals surface area contributed by atoms with Crippen molar-refractivity contribution in [2.24, 2.45) is 5.92 Å². The molecule has 1 N–H and O–H groups in total. The number of hydrogen-bond donors (Lipinski definition) is 1. The van der Waals surface area contributed by atoms with Crippen LogP contribution in [0.2, 0.25) is 0 Å². The molecule has 0 radical (unpaired) electrons. The zero-order valence-electron chi connectivity index (χ0n) is 14.6. The highest BCUT2D eigenvalue weighted by atomic mass is 19.1. The number of rotatable bonds is 6. The van der Waals surface area contributed by atoms with Crippen molar-refractivity contribution in [2.45, 2.75) is 13.3 Å². The van der Waals surface area contributed by atoms with Crippen LogP contribution in [0.4, 0.5) is 10.1 Å². The second-order valence-corrected chi connectivity index (χ2v) is 6.46. The molecule has 1 unspecified atom stereocenters. The van der Waals surface area contributed by atoms with E-state index in [-0.39, 0.29) is 30.2 Å². The zero-order chi connectivity index (χ0) is 18.5. The van der Waals surface area contributed by atoms with E-state index in [9.17, 15) is 14.0 Å². The number of nitrogens with zero attached hydrogens (tertiary/aromatic N) is 1. The molecule has 5 nitrogen and oxygen atoms in total. The highest BCUT2D eigenvalue weighted by Crippen LogP contribution is 2.24. The number of hydrogen-bond acceptors (Lipinski definition) is 3. The van der Waals surface area contributed by atoms with Crippen LogP contribution in [0, 0.1) is 18.7 Å². The van der Waals surface area contributed by atoms with Gasteiger partial charge in [0, 0.05) is 31.1 Å². The number of amides is 2. The van der Waals surface area contributed by atoms with Gasteiger partial charge in [0.05, 0.1) is 0 Å². The third-order valence-corrected chi connectivity index (χ3v) is 4.32. The fraction of sp³-hybridized carbons (Fsp3) is 0.300. The molecule has 26 heavy (non-hydrogen) atoms. The Kier molecular flexibility index (Phi) is 5.51. The number of nitrogens with one attached hydrogen (secondary N) is 1. The van der Waals surface area contributed by atoms with Gasteiger partial charge in [-0.1, -0.05) is 17.7 Å². The standard InChI is InChI=1S/C20H21FN2O3/c1-14-2-8-18(9-3-14)26-13-19(24)22-11-15-10-20(25)23(12-15)17-6-4-16(21)5-7-17/h2-9,15H,10-13H2,1H3,(H,22,24). The molecule has 3 rings (SSSR count). The maximum absolute atomic E-state index is 13.0. The summed E-state index contributed by atoms with van der Waals surface area (Å²) in [6.07, 6.45) is 0.358. The molecule has 0 aromatic heterocycles. The van der Waals surface area contributed by atoms with Gasteiger partial charge in [-0.05, 0) is 43.3 Å². The molecule has 1 atom stereocenters. The summed E-state index contributed by atoms with van der Waals surface area (Å²) in [7, 11) is 0. The van der Waals surface area contributed by atoms with Gasteiger partial charge in [-0.2, -0.15) is 0 Å². The van der Waals surface area contributed by atoms with Crippen molar-refractivity contribution in [3.63, 3.8) is 0 Å². The lowest BCUT2D eigenvalue weighted by atomic mass is 10.1. The van der Waals surface area contributed by atoms with Gasteiger partial charge < -0.3 is 15.0 Å². The maximum Gasteiger partial charge on any atom is 0.257 e. The SMILES string of the molecule is Cc1ccc(OCC(=O)NCC2CC(=O)N(c3ccc(F)cc3)C2)cc1. The predicted octanol–water partition coefficient (Wildman–Crippen LogP) is 2.68. The van der Waals surface area contributed by atoms with Crippen LogP contribution in [0.5, 0.6) is 5.75 Å². The van der Waals surface area contributed by atoms with E-state index in [1.807, 2.05) is 31.2 Å². The molecule has 136 valence electrons. The summed E-state index contributed by atoms with van der Waals surface area (Å²) in [6.45, 7) is 2.82. The maximum atomic E-state index is 13.0. The van der Waals surface area contributed by atoms with E-state index in [2.05, 4.69) is 5.32 Å². The molecule has 1 aliphatic heterocycles. The molecule has 0 aliphatic carbocycles. The van der Waals surface area contributed by atoms with E-state index < -0.39 is 0 Å². The molecular formula is C20H21FN2O3. The number of aryl methyl sites for hydroxylation is 1. The molecule has 2 amide bonds. The first-order valence-electron chi connectivity index (χ1n) is 8.53. The summed E-state index contributed by atoms with van der Waals surface area (Å²) in [4.78, 5) is 25.7. The molecule has 0 saturated carbocycles. The molecule has 1 heterocycles. The lowest BCUT2D eigenvalue weighted by Crippen LogP contribution is -2.34. The summed E-state index contributed by atoms with van der Waals surface area (Å²) in [5.41, 5.74) is 1.80. The Morgan fingerprint density at radius 3 is 2.58 bits per heavy atom. The first kappa shape index (κ1) is 17.9. The summed E-state index contributed by atoms with van der Waals surface area (Å²) < 4.78 is 18.4. The lowest BCUT2D eigenvalue weighted by Gasteiger charge is -2.17. The summed E-state index contributed by atoms with van der Waals surface area (Å²) >= 11 is 0. The van der Waals surface area contributed by atoms with E-state index >= 15 is 0 Å². The number of halogens is 1. The minimum Gasteiger partial charge on any atom is -0.484 e. The van der Waals surface area contributed by atoms with Gasteiger partial charge in [-0.25, -0.2) is 4.39 Å². The predicted molar refractivity (Wildman–Crippen MR) is 96.5 cm³/mol. The average molecular weight is 356 g/mol. The number of ether oxygens (including phenoxy) is 1. The van der Waals surface area contributed by atoms with Gasteiger partial charge in [-0.3, -0.25) is 9.59 Å². The zero-order valence-corrected chi connectivity index (χ0v) is 14.6. The van der Waals surface area contributed by atoms with Crippen LogP contribution in [0.1, 0.15) is 12.0 Å². The highest BCUT2D eigenvalue weighted by Gasteiger charge is 2.30. The Morgan fingerprint density at radius 1 is 1.19 bits per heavy atom. The van der Waals surface area contributed by atoms with E-state index in [0.717, 1.165) is 5.56 Å². The van der Waals surface area contributed by atoms with E-state index in [0.29, 0.717) is 30.9 Å². The van der Waals surface area contributed by atoms with Crippen molar-refractivity contribution in [1.29, 1.82) is 0 Å². The lowest BCUT2D eigenvalue weighted by molar-refractivity contribution is -0.123. The number of anilines is 1. The number of carbonyl (C=O) groups is 2. The Bertz CT molecular complexity index is 775. The Labute approximate surface area is 151 Å². The Morgan fingerprint density at radius 2 is 1.88 bits per heavy atom. The highest BCUT2D eigenvalue weighted by molar-refractivity contribution is 5.95. The fourth-order valence-electron chi connectivity index (χ4n) is 2.88. The minimum absolute atomic E-state index is 0.0215. The molecule has 1 fully saturated rings. The van der Waals surface area contributed by atoms with Gasteiger partial charge in [0.25, 0.3) is 5.91 Å². The van der Waals surface area contributed by atoms with E-state index in [4.69, 9.17) is 4.74 Å². The largest absolute Gasteiger partial charge is 0.484 e. The second kappa shape index (κ2) is 7.99. The first-order valence-corrected chi connectivity index (χ1v) is 8.53. The normalized spacial score (nSPS) is 16.6. The van der Waals surface area contributed by atoms with Gasteiger partial charge >= 0.3 is 0 Å². The van der Waals surface area contributed by atoms with Gasteiger partial charge in [0.15, 0.2) is 6.61 Å². The van der Waals surface area contributed by atoms with Crippen molar-refractivity contribution < 1.29 is 18.7 Å². The average Bonchev–Trinajstić information content (AvgIpc) is 3.01. The van der Waals surface area contributed by atoms with Crippen molar-refractivity contribution in [1.82, 2.24) is 5.32 Å². The fourth-order valence-corrected chi connectivity index (χ4v) is 2.88. The van der Waals surface area contributed by atoms with Crippen LogP contribution in [-0.2, 0) is 9.59 Å². The third kappa shape index (κ3) is 4.59. The van der Waals surface area contributed by atoms with Crippen molar-refractivity contribution >= 4 is 17.5 Å². The Hall–Kier alpha value is -2.89. The molecular weight excluding hydrogens is 335 g/mol. The summed E-state index contributed by atoms with van der Waals surface area (Å²) in [6, 6.07) is 13.3. The van der Waals surface area contributed by atoms with Crippen LogP contribution >= 0.6 is 0 Å². The van der Waals surface area contributed by atoms with Crippen LogP contribution in [0.3, 0.4) is 0 Å². The first-order chi connectivity index (χ1) is 12.5. The number of carbonyl (C=O) groups excluding carboxylic acids is 2. The molecule has 1 saturated heterocycles. The van der Waals surface area contributed by atoms with Crippen LogP contribution in [-0.4, -0.2) is 31.5 Å². The Balaban J connectivity index is 1.44. The molecule has 6 heteroatoms. The van der Waals surface area contributed by atoms with Crippen molar-refractivity contribution in [3.05, 3.63) is 59.9 Å². The van der Waals surface area contributed by atoms with Gasteiger partial charge in [0.2, 0.25) is 5.91 Å². The van der Waals surface area contributed by atoms with Crippen LogP contribution in [0.15, 0.2) is 48.5 Å². The van der Waals surface area contributed by atoms with E-state index in [1.54, 1.807) is 17.0 Å². The molecule has 2 aromatic rings. The minimum atomic E-state index is -0.335. The summed E-state index contributed by atoms with van der Waals surface area (Å²) in [5.74, 6) is 0.0861. The van der Waals surface area contributed by atoms with E-state index in [1.165, 1.54) is 12.1 Å². The molecule has 0 bridgehead atoms. The second-order valence-electron chi connectivity index (χ2n) is 6.46. The topological polar surface area (TPSA) is 58.6 Å². The van der Waals surface area contributed by atoms with Crippen molar-refractivity contribution in [3.8, 4) is 5.75 Å². The molecule has 0 spiro atoms. The summed E-state index contributed by atoms with van der Waals surface area (Å²) in [5, 5.41) is 2.81. The van der Waals surface area contributed by atoms with Gasteiger partial charge in [-0.15, -0.1) is 0 Å². The monoisotopic (exact) mass is 356 g/mol. The molecule has 2 aromatic carbocycles. The van der Waals surface area contributed by atoms with Crippen molar-refractivity contribution in [2.75, 3.05) is 24.6 Å². The number of benzene rings is 2. The quantitative estimate of drug-likeness (QED) is 0.866. The molecule has 1 aliphatic rings.